The van der Waals surface area contributed by atoms with Crippen molar-refractivity contribution < 1.29 is 4.79 Å². The number of nitrogens with zero attached hydrogens (tertiary/aromatic N) is 4. The molecule has 2 atom stereocenters. The Hall–Kier alpha value is -1.43. The van der Waals surface area contributed by atoms with Crippen molar-refractivity contribution in [3.8, 4) is 0 Å². The maximum atomic E-state index is 12.4. The van der Waals surface area contributed by atoms with Gasteiger partial charge in [-0.2, -0.15) is 0 Å². The van der Waals surface area contributed by atoms with Gasteiger partial charge >= 0.3 is 0 Å². The highest BCUT2D eigenvalue weighted by molar-refractivity contribution is 5.76. The Kier molecular flexibility index (Phi) is 4.00. The monoisotopic (exact) mass is 277 g/mol. The summed E-state index contributed by atoms with van der Waals surface area (Å²) in [6.07, 6.45) is 4.87. The third-order valence-corrected chi connectivity index (χ3v) is 4.63. The van der Waals surface area contributed by atoms with Crippen LogP contribution in [0.5, 0.6) is 0 Å². The highest BCUT2D eigenvalue weighted by Crippen LogP contribution is 2.24. The molecule has 0 aliphatic carbocycles. The molecule has 110 valence electrons. The van der Waals surface area contributed by atoms with E-state index in [1.165, 1.54) is 12.8 Å². The highest BCUT2D eigenvalue weighted by atomic mass is 16.2. The van der Waals surface area contributed by atoms with Crippen LogP contribution in [0.1, 0.15) is 32.0 Å². The van der Waals surface area contributed by atoms with Gasteiger partial charge in [0.25, 0.3) is 0 Å². The smallest absolute Gasteiger partial charge is 0.223 e. The summed E-state index contributed by atoms with van der Waals surface area (Å²) >= 11 is 0. The third-order valence-electron chi connectivity index (χ3n) is 4.63. The molecule has 1 amide bonds. The van der Waals surface area contributed by atoms with Crippen LogP contribution in [0.15, 0.2) is 6.33 Å². The van der Waals surface area contributed by atoms with E-state index in [9.17, 15) is 4.79 Å². The van der Waals surface area contributed by atoms with Crippen LogP contribution in [-0.4, -0.2) is 45.2 Å². The molecule has 0 bridgehead atoms. The lowest BCUT2D eigenvalue weighted by molar-refractivity contribution is -0.134. The third kappa shape index (κ3) is 2.85. The summed E-state index contributed by atoms with van der Waals surface area (Å²) in [4.78, 5) is 14.4. The molecule has 1 saturated heterocycles. The number of aromatic nitrogens is 3. The molecule has 1 aromatic rings. The van der Waals surface area contributed by atoms with E-state index >= 15 is 0 Å². The minimum absolute atomic E-state index is 0.261. The molecule has 0 aromatic carbocycles. The lowest BCUT2D eigenvalue weighted by atomic mass is 9.85. The first-order valence-corrected chi connectivity index (χ1v) is 7.59. The van der Waals surface area contributed by atoms with Gasteiger partial charge in [0, 0.05) is 19.5 Å². The fourth-order valence-corrected chi connectivity index (χ4v) is 3.21. The lowest BCUT2D eigenvalue weighted by Gasteiger charge is -2.31. The van der Waals surface area contributed by atoms with Crippen molar-refractivity contribution in [1.29, 1.82) is 0 Å². The van der Waals surface area contributed by atoms with Gasteiger partial charge in [0.1, 0.15) is 6.33 Å². The van der Waals surface area contributed by atoms with Crippen LogP contribution >= 0.6 is 0 Å². The maximum Gasteiger partial charge on any atom is 0.223 e. The average molecular weight is 277 g/mol. The number of carbonyl (C=O) groups is 1. The number of nitrogens with one attached hydrogen (secondary N) is 1. The summed E-state index contributed by atoms with van der Waals surface area (Å²) in [5.74, 6) is 2.25. The zero-order chi connectivity index (χ0) is 13.9. The van der Waals surface area contributed by atoms with E-state index in [1.807, 2.05) is 9.47 Å². The fraction of sp³-hybridized carbons (Fsp3) is 0.786. The van der Waals surface area contributed by atoms with Crippen molar-refractivity contribution in [3.05, 3.63) is 12.2 Å². The number of rotatable bonds is 3. The van der Waals surface area contributed by atoms with Gasteiger partial charge < -0.3 is 14.8 Å². The second kappa shape index (κ2) is 5.91. The fourth-order valence-electron chi connectivity index (χ4n) is 3.21. The van der Waals surface area contributed by atoms with Crippen LogP contribution in [0.4, 0.5) is 0 Å². The van der Waals surface area contributed by atoms with Gasteiger partial charge in [0.15, 0.2) is 5.82 Å². The standard InChI is InChI=1S/C14H23N5O/c1-11(12-3-2-4-15-8-12)7-14(20)18-5-6-19-10-16-17-13(19)9-18/h10-12,15H,2-9H2,1H3. The van der Waals surface area contributed by atoms with Gasteiger partial charge in [-0.15, -0.1) is 10.2 Å². The Morgan fingerprint density at radius 3 is 3.25 bits per heavy atom. The summed E-state index contributed by atoms with van der Waals surface area (Å²) in [5.41, 5.74) is 0. The summed E-state index contributed by atoms with van der Waals surface area (Å²) in [5, 5.41) is 11.4. The van der Waals surface area contributed by atoms with Gasteiger partial charge in [0.2, 0.25) is 5.91 Å². The summed E-state index contributed by atoms with van der Waals surface area (Å²) in [7, 11) is 0. The molecular weight excluding hydrogens is 254 g/mol. The molecule has 6 nitrogen and oxygen atoms in total. The number of fused-ring (bicyclic) bond motifs is 1. The zero-order valence-electron chi connectivity index (χ0n) is 12.1. The van der Waals surface area contributed by atoms with E-state index in [4.69, 9.17) is 0 Å². The summed E-state index contributed by atoms with van der Waals surface area (Å²) in [6, 6.07) is 0. The van der Waals surface area contributed by atoms with Gasteiger partial charge in [0.05, 0.1) is 6.54 Å². The van der Waals surface area contributed by atoms with Crippen LogP contribution in [0.25, 0.3) is 0 Å². The topological polar surface area (TPSA) is 63.1 Å². The second-order valence-electron chi connectivity index (χ2n) is 6.04. The molecule has 1 fully saturated rings. The lowest BCUT2D eigenvalue weighted by Crippen LogP contribution is -2.40. The predicted octanol–water partition coefficient (Wildman–Crippen LogP) is 0.646. The highest BCUT2D eigenvalue weighted by Gasteiger charge is 2.26. The van der Waals surface area contributed by atoms with Crippen LogP contribution in [0.2, 0.25) is 0 Å². The molecule has 0 spiro atoms. The Morgan fingerprint density at radius 2 is 2.45 bits per heavy atom. The summed E-state index contributed by atoms with van der Waals surface area (Å²) in [6.45, 7) is 6.59. The molecule has 2 aliphatic rings. The first-order chi connectivity index (χ1) is 9.74. The normalized spacial score (nSPS) is 24.2. The molecule has 2 aliphatic heterocycles. The van der Waals surface area contributed by atoms with Gasteiger partial charge in [-0.25, -0.2) is 0 Å². The maximum absolute atomic E-state index is 12.4. The molecule has 3 heterocycles. The number of piperidine rings is 1. The molecule has 0 radical (unpaired) electrons. The molecule has 1 aromatic heterocycles. The summed E-state index contributed by atoms with van der Waals surface area (Å²) < 4.78 is 2.03. The first-order valence-electron chi connectivity index (χ1n) is 7.59. The van der Waals surface area contributed by atoms with Crippen LogP contribution in [0, 0.1) is 11.8 Å². The molecular formula is C14H23N5O. The van der Waals surface area contributed by atoms with E-state index in [0.717, 1.165) is 32.0 Å². The minimum atomic E-state index is 0.261. The van der Waals surface area contributed by atoms with Crippen LogP contribution in [-0.2, 0) is 17.9 Å². The number of amides is 1. The van der Waals surface area contributed by atoms with Gasteiger partial charge in [-0.1, -0.05) is 6.92 Å². The molecule has 6 heteroatoms. The number of carbonyl (C=O) groups excluding carboxylic acids is 1. The quantitative estimate of drug-likeness (QED) is 0.881. The Balaban J connectivity index is 1.54. The number of hydrogen-bond donors (Lipinski definition) is 1. The molecule has 2 unspecified atom stereocenters. The molecule has 1 N–H and O–H groups in total. The molecule has 20 heavy (non-hydrogen) atoms. The molecule has 3 rings (SSSR count). The van der Waals surface area contributed by atoms with Crippen LogP contribution < -0.4 is 5.32 Å². The predicted molar refractivity (Wildman–Crippen MR) is 74.8 cm³/mol. The Morgan fingerprint density at radius 1 is 1.55 bits per heavy atom. The van der Waals surface area contributed by atoms with E-state index < -0.39 is 0 Å². The first kappa shape index (κ1) is 13.5. The van der Waals surface area contributed by atoms with Crippen molar-refractivity contribution in [1.82, 2.24) is 25.0 Å². The van der Waals surface area contributed by atoms with E-state index in [2.05, 4.69) is 22.4 Å². The number of hydrogen-bond acceptors (Lipinski definition) is 4. The minimum Gasteiger partial charge on any atom is -0.333 e. The van der Waals surface area contributed by atoms with Crippen molar-refractivity contribution in [2.45, 2.75) is 39.3 Å². The van der Waals surface area contributed by atoms with E-state index in [1.54, 1.807) is 6.33 Å². The van der Waals surface area contributed by atoms with Crippen molar-refractivity contribution in [3.63, 3.8) is 0 Å². The average Bonchev–Trinajstić information content (AvgIpc) is 2.95. The van der Waals surface area contributed by atoms with Crippen molar-refractivity contribution >= 4 is 5.91 Å². The Bertz CT molecular complexity index is 466. The van der Waals surface area contributed by atoms with Crippen LogP contribution in [0.3, 0.4) is 0 Å². The zero-order valence-corrected chi connectivity index (χ0v) is 12.1. The van der Waals surface area contributed by atoms with Gasteiger partial charge in [-0.3, -0.25) is 4.79 Å². The Labute approximate surface area is 119 Å². The van der Waals surface area contributed by atoms with Crippen molar-refractivity contribution in [2.24, 2.45) is 11.8 Å². The van der Waals surface area contributed by atoms with E-state index in [0.29, 0.717) is 24.8 Å². The largest absolute Gasteiger partial charge is 0.333 e. The SMILES string of the molecule is CC(CC(=O)N1CCn2cnnc2C1)C1CCCNC1. The van der Waals surface area contributed by atoms with Gasteiger partial charge in [-0.05, 0) is 37.8 Å². The molecule has 0 saturated carbocycles. The van der Waals surface area contributed by atoms with Crippen molar-refractivity contribution in [2.75, 3.05) is 19.6 Å². The van der Waals surface area contributed by atoms with E-state index in [-0.39, 0.29) is 5.91 Å². The second-order valence-corrected chi connectivity index (χ2v) is 6.04.